The molecule has 0 fully saturated rings. The van der Waals surface area contributed by atoms with Crippen LogP contribution >= 0.6 is 23.2 Å². The second kappa shape index (κ2) is 4.95. The van der Waals surface area contributed by atoms with Gasteiger partial charge in [0.2, 0.25) is 0 Å². The Kier molecular flexibility index (Phi) is 3.66. The molecule has 2 heterocycles. The third kappa shape index (κ3) is 2.65. The van der Waals surface area contributed by atoms with Crippen LogP contribution in [-0.2, 0) is 10.0 Å². The summed E-state index contributed by atoms with van der Waals surface area (Å²) in [5, 5.41) is 3.45. The van der Waals surface area contributed by atoms with E-state index >= 15 is 0 Å². The van der Waals surface area contributed by atoms with Gasteiger partial charge < -0.3 is 4.52 Å². The molecule has 2 aromatic heterocycles. The number of aryl methyl sites for hydroxylation is 2. The van der Waals surface area contributed by atoms with E-state index in [4.69, 9.17) is 27.7 Å². The van der Waals surface area contributed by atoms with Gasteiger partial charge in [-0.2, -0.15) is 0 Å². The Morgan fingerprint density at radius 1 is 1.26 bits per heavy atom. The first kappa shape index (κ1) is 14.0. The van der Waals surface area contributed by atoms with E-state index in [2.05, 4.69) is 19.8 Å². The molecule has 102 valence electrons. The zero-order chi connectivity index (χ0) is 14.2. The predicted molar refractivity (Wildman–Crippen MR) is 68.8 cm³/mol. The highest BCUT2D eigenvalue weighted by atomic mass is 35.5. The molecule has 0 amide bonds. The maximum absolute atomic E-state index is 12.2. The summed E-state index contributed by atoms with van der Waals surface area (Å²) in [4.78, 5) is 7.29. The minimum atomic E-state index is -3.91. The van der Waals surface area contributed by atoms with E-state index in [0.717, 1.165) is 6.33 Å². The van der Waals surface area contributed by atoms with Crippen molar-refractivity contribution in [2.45, 2.75) is 18.7 Å². The van der Waals surface area contributed by atoms with Crippen LogP contribution in [0.3, 0.4) is 0 Å². The highest BCUT2D eigenvalue weighted by Crippen LogP contribution is 2.28. The molecule has 2 aromatic rings. The molecule has 0 aromatic carbocycles. The first-order valence-corrected chi connectivity index (χ1v) is 7.18. The van der Waals surface area contributed by atoms with Crippen LogP contribution in [0.15, 0.2) is 15.7 Å². The van der Waals surface area contributed by atoms with E-state index < -0.39 is 10.0 Å². The molecule has 2 rings (SSSR count). The summed E-state index contributed by atoms with van der Waals surface area (Å²) < 4.78 is 31.4. The van der Waals surface area contributed by atoms with Crippen LogP contribution in [0.1, 0.15) is 11.5 Å². The van der Waals surface area contributed by atoms with Crippen molar-refractivity contribution in [3.63, 3.8) is 0 Å². The molecule has 19 heavy (non-hydrogen) atoms. The maximum atomic E-state index is 12.2. The summed E-state index contributed by atoms with van der Waals surface area (Å²) in [6.07, 6.45) is 1.10. The van der Waals surface area contributed by atoms with Gasteiger partial charge in [-0.1, -0.05) is 28.4 Å². The van der Waals surface area contributed by atoms with Crippen LogP contribution in [-0.4, -0.2) is 23.5 Å². The predicted octanol–water partition coefficient (Wildman–Crippen LogP) is 2.19. The number of hydrogen-bond acceptors (Lipinski definition) is 6. The summed E-state index contributed by atoms with van der Waals surface area (Å²) in [5.41, 5.74) is 0.237. The molecule has 1 N–H and O–H groups in total. The van der Waals surface area contributed by atoms with Crippen molar-refractivity contribution < 1.29 is 12.9 Å². The molecule has 0 unspecified atom stereocenters. The molecule has 0 saturated heterocycles. The SMILES string of the molecule is Cc1noc(C)c1S(=O)(=O)Nc1ncnc(Cl)c1Cl. The second-order valence-corrected chi connectivity index (χ2v) is 5.94. The molecule has 0 bridgehead atoms. The first-order chi connectivity index (χ1) is 8.83. The number of nitrogens with zero attached hydrogens (tertiary/aromatic N) is 3. The molecule has 0 atom stereocenters. The molecule has 0 saturated carbocycles. The van der Waals surface area contributed by atoms with Crippen molar-refractivity contribution in [1.82, 2.24) is 15.1 Å². The number of nitrogens with one attached hydrogen (secondary N) is 1. The lowest BCUT2D eigenvalue weighted by atomic mass is 10.4. The van der Waals surface area contributed by atoms with Crippen molar-refractivity contribution in [2.75, 3.05) is 4.72 Å². The topological polar surface area (TPSA) is 98.0 Å². The van der Waals surface area contributed by atoms with Crippen LogP contribution in [0.2, 0.25) is 10.2 Å². The molecule has 0 aliphatic heterocycles. The van der Waals surface area contributed by atoms with Crippen LogP contribution in [0.4, 0.5) is 5.82 Å². The Bertz CT molecular complexity index is 710. The number of halogens is 2. The van der Waals surface area contributed by atoms with Crippen LogP contribution < -0.4 is 4.72 Å². The van der Waals surface area contributed by atoms with Gasteiger partial charge in [-0.3, -0.25) is 4.72 Å². The quantitative estimate of drug-likeness (QED) is 0.870. The minimum Gasteiger partial charge on any atom is -0.360 e. The molecular weight excluding hydrogens is 315 g/mol. The van der Waals surface area contributed by atoms with Gasteiger partial charge in [-0.15, -0.1) is 0 Å². The Hall–Kier alpha value is -1.38. The molecule has 0 spiro atoms. The van der Waals surface area contributed by atoms with Gasteiger partial charge in [0.05, 0.1) is 0 Å². The number of hydrogen-bond donors (Lipinski definition) is 1. The van der Waals surface area contributed by atoms with E-state index in [-0.39, 0.29) is 32.3 Å². The monoisotopic (exact) mass is 322 g/mol. The fourth-order valence-corrected chi connectivity index (χ4v) is 3.14. The third-order valence-electron chi connectivity index (χ3n) is 2.21. The van der Waals surface area contributed by atoms with E-state index in [1.54, 1.807) is 0 Å². The Balaban J connectivity index is 2.46. The van der Waals surface area contributed by atoms with E-state index in [1.807, 2.05) is 0 Å². The van der Waals surface area contributed by atoms with Gasteiger partial charge in [-0.25, -0.2) is 18.4 Å². The lowest BCUT2D eigenvalue weighted by Gasteiger charge is -2.08. The largest absolute Gasteiger partial charge is 0.360 e. The number of anilines is 1. The highest BCUT2D eigenvalue weighted by molar-refractivity contribution is 7.92. The fourth-order valence-electron chi connectivity index (χ4n) is 1.46. The lowest BCUT2D eigenvalue weighted by molar-refractivity contribution is 0.390. The van der Waals surface area contributed by atoms with Gasteiger partial charge in [0, 0.05) is 0 Å². The molecule has 0 aliphatic rings. The maximum Gasteiger partial charge on any atom is 0.268 e. The average molecular weight is 323 g/mol. The molecule has 0 radical (unpaired) electrons. The highest BCUT2D eigenvalue weighted by Gasteiger charge is 2.25. The number of sulfonamides is 1. The first-order valence-electron chi connectivity index (χ1n) is 4.94. The van der Waals surface area contributed by atoms with Gasteiger partial charge in [0.15, 0.2) is 21.6 Å². The van der Waals surface area contributed by atoms with Gasteiger partial charge in [-0.05, 0) is 13.8 Å². The summed E-state index contributed by atoms with van der Waals surface area (Å²) in [7, 11) is -3.91. The Morgan fingerprint density at radius 3 is 2.53 bits per heavy atom. The van der Waals surface area contributed by atoms with Crippen molar-refractivity contribution in [2.24, 2.45) is 0 Å². The normalized spacial score (nSPS) is 11.6. The molecule has 0 aliphatic carbocycles. The molecule has 10 heteroatoms. The zero-order valence-corrected chi connectivity index (χ0v) is 12.1. The third-order valence-corrected chi connectivity index (χ3v) is 4.54. The fraction of sp³-hybridized carbons (Fsp3) is 0.222. The van der Waals surface area contributed by atoms with Crippen molar-refractivity contribution in [3.8, 4) is 0 Å². The Morgan fingerprint density at radius 2 is 1.95 bits per heavy atom. The summed E-state index contributed by atoms with van der Waals surface area (Å²) in [5.74, 6) is 0.0583. The second-order valence-electron chi connectivity index (χ2n) is 3.59. The summed E-state index contributed by atoms with van der Waals surface area (Å²) in [6.45, 7) is 3.00. The summed E-state index contributed by atoms with van der Waals surface area (Å²) >= 11 is 11.5. The van der Waals surface area contributed by atoms with E-state index in [0.29, 0.717) is 0 Å². The van der Waals surface area contributed by atoms with E-state index in [1.165, 1.54) is 13.8 Å². The molecule has 7 nitrogen and oxygen atoms in total. The van der Waals surface area contributed by atoms with Crippen molar-refractivity contribution in [1.29, 1.82) is 0 Å². The number of aromatic nitrogens is 3. The van der Waals surface area contributed by atoms with E-state index in [9.17, 15) is 8.42 Å². The van der Waals surface area contributed by atoms with Crippen LogP contribution in [0.5, 0.6) is 0 Å². The van der Waals surface area contributed by atoms with Gasteiger partial charge >= 0.3 is 0 Å². The molecular formula is C9H8Cl2N4O3S. The minimum absolute atomic E-state index is 0.0480. The van der Waals surface area contributed by atoms with Gasteiger partial charge in [0.25, 0.3) is 10.0 Å². The smallest absolute Gasteiger partial charge is 0.268 e. The van der Waals surface area contributed by atoms with Crippen molar-refractivity contribution in [3.05, 3.63) is 28.0 Å². The standard InChI is InChI=1S/C9H8Cl2N4O3S/c1-4-7(5(2)18-14-4)19(16,17)15-9-6(10)8(11)12-3-13-9/h3H,1-2H3,(H,12,13,15). The Labute approximate surface area is 119 Å². The number of rotatable bonds is 3. The average Bonchev–Trinajstić information content (AvgIpc) is 2.65. The zero-order valence-electron chi connectivity index (χ0n) is 9.81. The van der Waals surface area contributed by atoms with Crippen molar-refractivity contribution >= 4 is 39.0 Å². The van der Waals surface area contributed by atoms with Crippen LogP contribution in [0, 0.1) is 13.8 Å². The summed E-state index contributed by atoms with van der Waals surface area (Å²) in [6, 6.07) is 0. The van der Waals surface area contributed by atoms with Gasteiger partial charge in [0.1, 0.15) is 17.0 Å². The lowest BCUT2D eigenvalue weighted by Crippen LogP contribution is -2.16. The van der Waals surface area contributed by atoms with Crippen LogP contribution in [0.25, 0.3) is 0 Å².